The Hall–Kier alpha value is -1.74. The van der Waals surface area contributed by atoms with Crippen molar-refractivity contribution in [3.63, 3.8) is 0 Å². The zero-order valence-electron chi connectivity index (χ0n) is 11.6. The van der Waals surface area contributed by atoms with Gasteiger partial charge in [-0.05, 0) is 55.2 Å². The lowest BCUT2D eigenvalue weighted by molar-refractivity contribution is -0.115. The van der Waals surface area contributed by atoms with Gasteiger partial charge in [-0.2, -0.15) is 0 Å². The smallest absolute Gasteiger partial charge is 0.238 e. The number of rotatable bonds is 2. The maximum atomic E-state index is 12.4. The average Bonchev–Trinajstić information content (AvgIpc) is 2.81. The van der Waals surface area contributed by atoms with Gasteiger partial charge >= 0.3 is 0 Å². The summed E-state index contributed by atoms with van der Waals surface area (Å²) in [5.74, 6) is 0.0937. The molecule has 0 radical (unpaired) electrons. The van der Waals surface area contributed by atoms with Crippen LogP contribution >= 0.6 is 11.8 Å². The molecule has 1 atom stereocenters. The van der Waals surface area contributed by atoms with E-state index in [0.717, 1.165) is 12.1 Å². The van der Waals surface area contributed by atoms with Crippen molar-refractivity contribution in [1.82, 2.24) is 0 Å². The Balaban J connectivity index is 1.72. The predicted octanol–water partition coefficient (Wildman–Crippen LogP) is 3.96. The Labute approximate surface area is 123 Å². The van der Waals surface area contributed by atoms with Crippen molar-refractivity contribution >= 4 is 23.4 Å². The molecule has 3 heteroatoms. The highest BCUT2D eigenvalue weighted by atomic mass is 32.2. The number of thioether (sulfide) groups is 1. The van der Waals surface area contributed by atoms with Crippen LogP contribution in [-0.4, -0.2) is 11.2 Å². The number of anilines is 1. The van der Waals surface area contributed by atoms with Crippen molar-refractivity contribution in [3.8, 4) is 0 Å². The Morgan fingerprint density at radius 2 is 1.85 bits per heavy atom. The largest absolute Gasteiger partial charge is 0.325 e. The molecule has 0 bridgehead atoms. The quantitative estimate of drug-likeness (QED) is 0.904. The van der Waals surface area contributed by atoms with Crippen molar-refractivity contribution in [2.45, 2.75) is 30.4 Å². The highest BCUT2D eigenvalue weighted by molar-refractivity contribution is 8.01. The summed E-state index contributed by atoms with van der Waals surface area (Å²) < 4.78 is 0. The Morgan fingerprint density at radius 1 is 1.15 bits per heavy atom. The van der Waals surface area contributed by atoms with Gasteiger partial charge in [-0.15, -0.1) is 11.8 Å². The Morgan fingerprint density at radius 3 is 2.55 bits per heavy atom. The van der Waals surface area contributed by atoms with E-state index in [2.05, 4.69) is 23.5 Å². The van der Waals surface area contributed by atoms with Gasteiger partial charge in [0.2, 0.25) is 5.91 Å². The lowest BCUT2D eigenvalue weighted by Crippen LogP contribution is -2.24. The summed E-state index contributed by atoms with van der Waals surface area (Å²) >= 11 is 1.66. The molecular formula is C17H17NOS. The van der Waals surface area contributed by atoms with E-state index >= 15 is 0 Å². The summed E-state index contributed by atoms with van der Waals surface area (Å²) in [6.45, 7) is 4.09. The van der Waals surface area contributed by atoms with E-state index in [4.69, 9.17) is 0 Å². The van der Waals surface area contributed by atoms with E-state index in [9.17, 15) is 4.79 Å². The average molecular weight is 283 g/mol. The number of benzene rings is 2. The van der Waals surface area contributed by atoms with Crippen LogP contribution in [0.4, 0.5) is 5.69 Å². The molecule has 0 unspecified atom stereocenters. The monoisotopic (exact) mass is 283 g/mol. The molecule has 0 aliphatic carbocycles. The van der Waals surface area contributed by atoms with Crippen LogP contribution in [0.15, 0.2) is 47.4 Å². The van der Waals surface area contributed by atoms with Gasteiger partial charge in [0.25, 0.3) is 0 Å². The molecule has 0 saturated carbocycles. The van der Waals surface area contributed by atoms with Crippen LogP contribution in [0, 0.1) is 13.8 Å². The molecule has 0 spiro atoms. The predicted molar refractivity (Wildman–Crippen MR) is 84.3 cm³/mol. The standard InChI is InChI=1S/C17H17NOS/c1-11-7-12(2)9-14(8-11)18-17(19)16-10-13-5-3-4-6-15(13)20-16/h3-9,16H,10H2,1-2H3,(H,18,19)/t16-/m1/s1. The number of carbonyl (C=O) groups is 1. The fourth-order valence-corrected chi connectivity index (χ4v) is 3.79. The molecule has 1 aliphatic heterocycles. The van der Waals surface area contributed by atoms with E-state index in [-0.39, 0.29) is 11.2 Å². The molecule has 0 saturated heterocycles. The number of nitrogens with one attached hydrogen (secondary N) is 1. The van der Waals surface area contributed by atoms with Crippen molar-refractivity contribution < 1.29 is 4.79 Å². The molecule has 2 aromatic rings. The van der Waals surface area contributed by atoms with Gasteiger partial charge in [0.05, 0.1) is 5.25 Å². The third kappa shape index (κ3) is 2.73. The first-order valence-corrected chi connectivity index (χ1v) is 7.63. The van der Waals surface area contributed by atoms with E-state index in [1.54, 1.807) is 11.8 Å². The molecule has 3 rings (SSSR count). The molecule has 1 aliphatic rings. The minimum absolute atomic E-state index is 0.0202. The summed E-state index contributed by atoms with van der Waals surface area (Å²) in [6.07, 6.45) is 0.817. The van der Waals surface area contributed by atoms with Crippen LogP contribution in [0.2, 0.25) is 0 Å². The highest BCUT2D eigenvalue weighted by Gasteiger charge is 2.27. The third-order valence-electron chi connectivity index (χ3n) is 3.43. The fourth-order valence-electron chi connectivity index (χ4n) is 2.60. The van der Waals surface area contributed by atoms with Gasteiger partial charge < -0.3 is 5.32 Å². The van der Waals surface area contributed by atoms with Crippen LogP contribution < -0.4 is 5.32 Å². The summed E-state index contributed by atoms with van der Waals surface area (Å²) in [5, 5.41) is 3.02. The maximum Gasteiger partial charge on any atom is 0.238 e. The molecule has 20 heavy (non-hydrogen) atoms. The zero-order chi connectivity index (χ0) is 14.1. The maximum absolute atomic E-state index is 12.4. The van der Waals surface area contributed by atoms with Crippen LogP contribution in [0.25, 0.3) is 0 Å². The van der Waals surface area contributed by atoms with Crippen LogP contribution in [0.1, 0.15) is 16.7 Å². The molecule has 1 amide bonds. The van der Waals surface area contributed by atoms with Gasteiger partial charge in [-0.3, -0.25) is 4.79 Å². The number of carbonyl (C=O) groups excluding carboxylic acids is 1. The van der Waals surface area contributed by atoms with Crippen molar-refractivity contribution in [2.24, 2.45) is 0 Å². The summed E-state index contributed by atoms with van der Waals surface area (Å²) in [6, 6.07) is 14.4. The molecule has 2 aromatic carbocycles. The van der Waals surface area contributed by atoms with Crippen molar-refractivity contribution in [2.75, 3.05) is 5.32 Å². The number of amides is 1. The lowest BCUT2D eigenvalue weighted by Gasteiger charge is -2.11. The number of hydrogen-bond acceptors (Lipinski definition) is 2. The molecule has 0 aromatic heterocycles. The van der Waals surface area contributed by atoms with Crippen LogP contribution in [0.5, 0.6) is 0 Å². The van der Waals surface area contributed by atoms with E-state index in [1.807, 2.05) is 38.1 Å². The number of hydrogen-bond donors (Lipinski definition) is 1. The topological polar surface area (TPSA) is 29.1 Å². The summed E-state index contributed by atoms with van der Waals surface area (Å²) in [5.41, 5.74) is 4.51. The van der Waals surface area contributed by atoms with E-state index in [0.29, 0.717) is 0 Å². The molecule has 1 heterocycles. The number of aryl methyl sites for hydroxylation is 2. The Bertz CT molecular complexity index is 621. The first-order valence-electron chi connectivity index (χ1n) is 6.75. The van der Waals surface area contributed by atoms with E-state index < -0.39 is 0 Å². The van der Waals surface area contributed by atoms with Crippen LogP contribution in [0.3, 0.4) is 0 Å². The second-order valence-corrected chi connectivity index (χ2v) is 6.53. The van der Waals surface area contributed by atoms with Crippen molar-refractivity contribution in [3.05, 3.63) is 59.2 Å². The van der Waals surface area contributed by atoms with Crippen LogP contribution in [-0.2, 0) is 11.2 Å². The number of fused-ring (bicyclic) bond motifs is 1. The normalized spacial score (nSPS) is 16.8. The molecule has 0 fully saturated rings. The minimum atomic E-state index is -0.0202. The van der Waals surface area contributed by atoms with E-state index in [1.165, 1.54) is 21.6 Å². The van der Waals surface area contributed by atoms with Gasteiger partial charge in [0, 0.05) is 10.6 Å². The van der Waals surface area contributed by atoms with Gasteiger partial charge in [0.1, 0.15) is 0 Å². The molecule has 102 valence electrons. The fraction of sp³-hybridized carbons (Fsp3) is 0.235. The second kappa shape index (κ2) is 5.33. The minimum Gasteiger partial charge on any atom is -0.325 e. The van der Waals surface area contributed by atoms with Gasteiger partial charge in [-0.25, -0.2) is 0 Å². The first-order chi connectivity index (χ1) is 9.61. The summed E-state index contributed by atoms with van der Waals surface area (Å²) in [4.78, 5) is 13.6. The lowest BCUT2D eigenvalue weighted by atomic mass is 10.1. The highest BCUT2D eigenvalue weighted by Crippen LogP contribution is 2.37. The van der Waals surface area contributed by atoms with Gasteiger partial charge in [-0.1, -0.05) is 24.3 Å². The summed E-state index contributed by atoms with van der Waals surface area (Å²) in [7, 11) is 0. The SMILES string of the molecule is Cc1cc(C)cc(NC(=O)[C@H]2Cc3ccccc3S2)c1. The molecule has 2 nitrogen and oxygen atoms in total. The Kier molecular flexibility index (Phi) is 3.53. The second-order valence-electron chi connectivity index (χ2n) is 5.28. The molecular weight excluding hydrogens is 266 g/mol. The van der Waals surface area contributed by atoms with Crippen molar-refractivity contribution in [1.29, 1.82) is 0 Å². The third-order valence-corrected chi connectivity index (χ3v) is 4.75. The van der Waals surface area contributed by atoms with Gasteiger partial charge in [0.15, 0.2) is 0 Å². The zero-order valence-corrected chi connectivity index (χ0v) is 12.5. The first kappa shape index (κ1) is 13.3. The molecule has 1 N–H and O–H groups in total.